The molecule has 1 rings (SSSR count). The van der Waals surface area contributed by atoms with Crippen LogP contribution in [0.25, 0.3) is 6.08 Å². The molecule has 0 unspecified atom stereocenters. The monoisotopic (exact) mass is 239 g/mol. The average Bonchev–Trinajstić information content (AvgIpc) is 2.31. The van der Waals surface area contributed by atoms with Crippen LogP contribution in [0.2, 0.25) is 0 Å². The van der Waals surface area contributed by atoms with Crippen LogP contribution in [-0.2, 0) is 4.74 Å². The molecule has 0 spiro atoms. The van der Waals surface area contributed by atoms with Gasteiger partial charge in [-0.3, -0.25) is 0 Å². The van der Waals surface area contributed by atoms with Gasteiger partial charge in [0.15, 0.2) is 0 Å². The molecule has 0 aliphatic rings. The number of carbonyl (C=O) groups excluding carboxylic acids is 1. The molecular weight excluding hydrogens is 226 g/mol. The molecule has 2 N–H and O–H groups in total. The molecular formula is C12H14ClNO2. The maximum Gasteiger partial charge on any atom is 0.337 e. The van der Waals surface area contributed by atoms with Crippen LogP contribution >= 0.6 is 11.6 Å². The fourth-order valence-corrected chi connectivity index (χ4v) is 1.36. The first-order valence-corrected chi connectivity index (χ1v) is 5.43. The van der Waals surface area contributed by atoms with Crippen molar-refractivity contribution < 1.29 is 9.53 Å². The third kappa shape index (κ3) is 3.28. The maximum absolute atomic E-state index is 11.3. The molecule has 0 radical (unpaired) electrons. The molecule has 0 bridgehead atoms. The normalized spacial score (nSPS) is 10.6. The summed E-state index contributed by atoms with van der Waals surface area (Å²) in [5, 5.41) is 0. The number of anilines is 1. The lowest BCUT2D eigenvalue weighted by molar-refractivity contribution is 0.0601. The Morgan fingerprint density at radius 1 is 1.56 bits per heavy atom. The molecule has 0 heterocycles. The summed E-state index contributed by atoms with van der Waals surface area (Å²) in [7, 11) is 1.35. The summed E-state index contributed by atoms with van der Waals surface area (Å²) < 4.78 is 4.63. The van der Waals surface area contributed by atoms with E-state index < -0.39 is 0 Å². The molecule has 0 aliphatic carbocycles. The number of nitrogens with two attached hydrogens (primary N) is 1. The lowest BCUT2D eigenvalue weighted by atomic mass is 10.1. The van der Waals surface area contributed by atoms with Crippen LogP contribution in [0.3, 0.4) is 0 Å². The summed E-state index contributed by atoms with van der Waals surface area (Å²) >= 11 is 5.56. The van der Waals surface area contributed by atoms with Crippen molar-refractivity contribution in [3.63, 3.8) is 0 Å². The highest BCUT2D eigenvalue weighted by molar-refractivity contribution is 6.17. The SMILES string of the molecule is COC(=O)c1ccc(N)c(C=CCCCl)c1. The quantitative estimate of drug-likeness (QED) is 0.499. The number of ether oxygens (including phenoxy) is 1. The number of hydrogen-bond donors (Lipinski definition) is 1. The molecule has 3 nitrogen and oxygen atoms in total. The average molecular weight is 240 g/mol. The Hall–Kier alpha value is -1.48. The van der Waals surface area contributed by atoms with Crippen molar-refractivity contribution in [1.82, 2.24) is 0 Å². The van der Waals surface area contributed by atoms with E-state index in [4.69, 9.17) is 17.3 Å². The van der Waals surface area contributed by atoms with E-state index in [9.17, 15) is 4.79 Å². The predicted octanol–water partition coefficient (Wildman–Crippen LogP) is 2.70. The van der Waals surface area contributed by atoms with Crippen LogP contribution in [0, 0.1) is 0 Å². The number of halogens is 1. The molecule has 0 saturated heterocycles. The number of carbonyl (C=O) groups is 1. The minimum atomic E-state index is -0.369. The van der Waals surface area contributed by atoms with Gasteiger partial charge in [0.25, 0.3) is 0 Å². The van der Waals surface area contributed by atoms with Gasteiger partial charge in [0, 0.05) is 11.6 Å². The summed E-state index contributed by atoms with van der Waals surface area (Å²) in [5.74, 6) is 0.194. The van der Waals surface area contributed by atoms with Gasteiger partial charge in [-0.1, -0.05) is 12.2 Å². The summed E-state index contributed by atoms with van der Waals surface area (Å²) in [6.07, 6.45) is 4.54. The predicted molar refractivity (Wildman–Crippen MR) is 66.6 cm³/mol. The smallest absolute Gasteiger partial charge is 0.337 e. The zero-order chi connectivity index (χ0) is 12.0. The third-order valence-corrected chi connectivity index (χ3v) is 2.30. The second kappa shape index (κ2) is 6.18. The molecule has 16 heavy (non-hydrogen) atoms. The number of nitrogen functional groups attached to an aromatic ring is 1. The first kappa shape index (κ1) is 12.6. The Morgan fingerprint density at radius 3 is 2.94 bits per heavy atom. The van der Waals surface area contributed by atoms with E-state index in [-0.39, 0.29) is 5.97 Å². The molecule has 0 aromatic heterocycles. The van der Waals surface area contributed by atoms with Crippen molar-refractivity contribution in [2.24, 2.45) is 0 Å². The van der Waals surface area contributed by atoms with Crippen molar-refractivity contribution in [3.05, 3.63) is 35.4 Å². The van der Waals surface area contributed by atoms with Crippen molar-refractivity contribution >= 4 is 29.3 Å². The molecule has 0 fully saturated rings. The van der Waals surface area contributed by atoms with E-state index in [0.29, 0.717) is 17.1 Å². The second-order valence-electron chi connectivity index (χ2n) is 3.22. The molecule has 1 aromatic carbocycles. The lowest BCUT2D eigenvalue weighted by Gasteiger charge is -2.03. The summed E-state index contributed by atoms with van der Waals surface area (Å²) in [6, 6.07) is 5.03. The third-order valence-electron chi connectivity index (χ3n) is 2.08. The van der Waals surface area contributed by atoms with Crippen molar-refractivity contribution in [2.75, 3.05) is 18.7 Å². The number of hydrogen-bond acceptors (Lipinski definition) is 3. The Kier molecular flexibility index (Phi) is 4.86. The van der Waals surface area contributed by atoms with Crippen LogP contribution < -0.4 is 5.73 Å². The zero-order valence-electron chi connectivity index (χ0n) is 9.07. The number of rotatable bonds is 4. The minimum absolute atomic E-state index is 0.369. The van der Waals surface area contributed by atoms with Crippen LogP contribution in [0.5, 0.6) is 0 Å². The number of allylic oxidation sites excluding steroid dienone is 1. The number of benzene rings is 1. The number of alkyl halides is 1. The molecule has 0 aliphatic heterocycles. The van der Waals surface area contributed by atoms with Gasteiger partial charge < -0.3 is 10.5 Å². The van der Waals surface area contributed by atoms with Gasteiger partial charge in [-0.15, -0.1) is 11.6 Å². The largest absolute Gasteiger partial charge is 0.465 e. The molecule has 0 saturated carbocycles. The topological polar surface area (TPSA) is 52.3 Å². The first-order chi connectivity index (χ1) is 7.69. The first-order valence-electron chi connectivity index (χ1n) is 4.89. The highest BCUT2D eigenvalue weighted by Gasteiger charge is 2.06. The van der Waals surface area contributed by atoms with E-state index in [1.807, 2.05) is 12.2 Å². The van der Waals surface area contributed by atoms with Gasteiger partial charge >= 0.3 is 5.97 Å². The Bertz CT molecular complexity index is 402. The Balaban J connectivity index is 2.94. The maximum atomic E-state index is 11.3. The van der Waals surface area contributed by atoms with Gasteiger partial charge in [0.2, 0.25) is 0 Å². The van der Waals surface area contributed by atoms with Crippen LogP contribution in [-0.4, -0.2) is 19.0 Å². The number of methoxy groups -OCH3 is 1. The van der Waals surface area contributed by atoms with E-state index >= 15 is 0 Å². The van der Waals surface area contributed by atoms with Gasteiger partial charge in [-0.2, -0.15) is 0 Å². The van der Waals surface area contributed by atoms with Crippen molar-refractivity contribution in [3.8, 4) is 0 Å². The van der Waals surface area contributed by atoms with Crippen LogP contribution in [0.1, 0.15) is 22.3 Å². The molecule has 86 valence electrons. The van der Waals surface area contributed by atoms with Gasteiger partial charge in [-0.05, 0) is 30.2 Å². The Labute approximate surface area is 99.8 Å². The zero-order valence-corrected chi connectivity index (χ0v) is 9.83. The summed E-state index contributed by atoms with van der Waals surface area (Å²) in [6.45, 7) is 0. The number of esters is 1. The molecule has 0 atom stereocenters. The fourth-order valence-electron chi connectivity index (χ4n) is 1.24. The van der Waals surface area contributed by atoms with Gasteiger partial charge in [0.1, 0.15) is 0 Å². The van der Waals surface area contributed by atoms with Crippen LogP contribution in [0.4, 0.5) is 5.69 Å². The summed E-state index contributed by atoms with van der Waals surface area (Å²) in [5.41, 5.74) is 7.69. The van der Waals surface area contributed by atoms with E-state index in [0.717, 1.165) is 12.0 Å². The van der Waals surface area contributed by atoms with E-state index in [1.165, 1.54) is 7.11 Å². The van der Waals surface area contributed by atoms with E-state index in [2.05, 4.69) is 4.74 Å². The fraction of sp³-hybridized carbons (Fsp3) is 0.250. The van der Waals surface area contributed by atoms with Crippen molar-refractivity contribution in [1.29, 1.82) is 0 Å². The van der Waals surface area contributed by atoms with Crippen molar-refractivity contribution in [2.45, 2.75) is 6.42 Å². The highest BCUT2D eigenvalue weighted by atomic mass is 35.5. The van der Waals surface area contributed by atoms with Gasteiger partial charge in [0.05, 0.1) is 12.7 Å². The molecule has 0 amide bonds. The highest BCUT2D eigenvalue weighted by Crippen LogP contribution is 2.16. The van der Waals surface area contributed by atoms with Crippen LogP contribution in [0.15, 0.2) is 24.3 Å². The Morgan fingerprint density at radius 2 is 2.31 bits per heavy atom. The van der Waals surface area contributed by atoms with E-state index in [1.54, 1.807) is 18.2 Å². The molecule has 4 heteroatoms. The second-order valence-corrected chi connectivity index (χ2v) is 3.59. The summed E-state index contributed by atoms with van der Waals surface area (Å²) in [4.78, 5) is 11.3. The molecule has 1 aromatic rings. The standard InChI is InChI=1S/C12H14ClNO2/c1-16-12(15)10-5-6-11(14)9(8-10)4-2-3-7-13/h2,4-6,8H,3,7,14H2,1H3. The lowest BCUT2D eigenvalue weighted by Crippen LogP contribution is -2.02. The van der Waals surface area contributed by atoms with Gasteiger partial charge in [-0.25, -0.2) is 4.79 Å². The minimum Gasteiger partial charge on any atom is -0.465 e.